The summed E-state index contributed by atoms with van der Waals surface area (Å²) >= 11 is 5.68. The molecule has 0 aromatic heterocycles. The number of phenolic OH excluding ortho intramolecular Hbond substituents is 1. The molecule has 0 aliphatic rings. The summed E-state index contributed by atoms with van der Waals surface area (Å²) in [5, 5.41) is 15.8. The molecule has 3 N–H and O–H groups in total. The molecule has 0 aliphatic carbocycles. The number of phenols is 1. The van der Waals surface area contributed by atoms with Crippen LogP contribution in [0, 0.1) is 0 Å². The first kappa shape index (κ1) is 13.8. The molecule has 0 aliphatic heterocycles. The van der Waals surface area contributed by atoms with Gasteiger partial charge < -0.3 is 15.7 Å². The predicted molar refractivity (Wildman–Crippen MR) is 68.6 cm³/mol. The van der Waals surface area contributed by atoms with Crippen molar-refractivity contribution in [2.45, 2.75) is 13.3 Å². The molecule has 0 saturated heterocycles. The van der Waals surface area contributed by atoms with Gasteiger partial charge in [-0.3, -0.25) is 4.79 Å². The second kappa shape index (κ2) is 7.14. The quantitative estimate of drug-likeness (QED) is 0.680. The maximum Gasteiger partial charge on any atom is 0.255 e. The normalized spacial score (nSPS) is 10.2. The van der Waals surface area contributed by atoms with E-state index < -0.39 is 0 Å². The van der Waals surface area contributed by atoms with Gasteiger partial charge in [0.1, 0.15) is 5.75 Å². The Morgan fingerprint density at radius 1 is 1.35 bits per heavy atom. The highest BCUT2D eigenvalue weighted by Crippen LogP contribution is 2.21. The molecule has 0 radical (unpaired) electrons. The average Bonchev–Trinajstić information content (AvgIpc) is 2.28. The fraction of sp³-hybridized carbons (Fsp3) is 0.417. The number of amides is 1. The average molecular weight is 257 g/mol. The Kier molecular flexibility index (Phi) is 5.80. The van der Waals surface area contributed by atoms with E-state index in [1.807, 2.05) is 0 Å². The van der Waals surface area contributed by atoms with E-state index in [1.54, 1.807) is 6.07 Å². The van der Waals surface area contributed by atoms with Crippen LogP contribution in [0.15, 0.2) is 18.2 Å². The van der Waals surface area contributed by atoms with Crippen molar-refractivity contribution in [3.8, 4) is 5.75 Å². The van der Waals surface area contributed by atoms with Crippen LogP contribution in [0.5, 0.6) is 5.75 Å². The third-order valence-electron chi connectivity index (χ3n) is 2.22. The predicted octanol–water partition coefficient (Wildman–Crippen LogP) is 1.77. The zero-order chi connectivity index (χ0) is 12.7. The topological polar surface area (TPSA) is 61.4 Å². The van der Waals surface area contributed by atoms with Gasteiger partial charge in [-0.2, -0.15) is 0 Å². The third kappa shape index (κ3) is 4.63. The number of aromatic hydroxyl groups is 1. The Balaban J connectivity index is 2.42. The van der Waals surface area contributed by atoms with Gasteiger partial charge in [0.2, 0.25) is 0 Å². The van der Waals surface area contributed by atoms with E-state index in [2.05, 4.69) is 17.6 Å². The number of nitrogens with one attached hydrogen (secondary N) is 2. The molecule has 1 aromatic carbocycles. The van der Waals surface area contributed by atoms with Crippen LogP contribution >= 0.6 is 11.6 Å². The van der Waals surface area contributed by atoms with E-state index in [0.29, 0.717) is 18.1 Å². The molecule has 0 saturated carbocycles. The fourth-order valence-electron chi connectivity index (χ4n) is 1.36. The lowest BCUT2D eigenvalue weighted by atomic mass is 10.2. The van der Waals surface area contributed by atoms with Gasteiger partial charge in [0.25, 0.3) is 5.91 Å². The van der Waals surface area contributed by atoms with Crippen molar-refractivity contribution in [2.24, 2.45) is 0 Å². The molecule has 0 heterocycles. The summed E-state index contributed by atoms with van der Waals surface area (Å²) < 4.78 is 0. The minimum atomic E-state index is -0.294. The van der Waals surface area contributed by atoms with Crippen molar-refractivity contribution in [3.63, 3.8) is 0 Å². The van der Waals surface area contributed by atoms with Crippen LogP contribution < -0.4 is 10.6 Å². The Morgan fingerprint density at radius 2 is 2.12 bits per heavy atom. The summed E-state index contributed by atoms with van der Waals surface area (Å²) in [7, 11) is 0. The molecule has 1 amide bonds. The summed E-state index contributed by atoms with van der Waals surface area (Å²) in [6, 6.07) is 4.43. The Morgan fingerprint density at radius 3 is 2.76 bits per heavy atom. The number of hydrogen-bond donors (Lipinski definition) is 3. The lowest BCUT2D eigenvalue weighted by Gasteiger charge is -2.07. The minimum absolute atomic E-state index is 0.100. The van der Waals surface area contributed by atoms with E-state index >= 15 is 0 Å². The second-order valence-electron chi connectivity index (χ2n) is 3.67. The van der Waals surface area contributed by atoms with Crippen LogP contribution in [0.1, 0.15) is 23.7 Å². The monoisotopic (exact) mass is 256 g/mol. The molecular formula is C12H17ClN2O2. The van der Waals surface area contributed by atoms with Crippen LogP contribution in [0.25, 0.3) is 0 Å². The van der Waals surface area contributed by atoms with Crippen molar-refractivity contribution >= 4 is 17.5 Å². The van der Waals surface area contributed by atoms with Crippen LogP contribution in [-0.2, 0) is 0 Å². The van der Waals surface area contributed by atoms with Gasteiger partial charge in [-0.05, 0) is 31.2 Å². The third-order valence-corrected chi connectivity index (χ3v) is 2.45. The molecule has 1 rings (SSSR count). The molecule has 0 fully saturated rings. The van der Waals surface area contributed by atoms with Gasteiger partial charge in [-0.15, -0.1) is 0 Å². The zero-order valence-electron chi connectivity index (χ0n) is 9.79. The first-order valence-electron chi connectivity index (χ1n) is 5.62. The minimum Gasteiger partial charge on any atom is -0.507 e. The number of hydrogen-bond acceptors (Lipinski definition) is 3. The van der Waals surface area contributed by atoms with Crippen molar-refractivity contribution in [1.29, 1.82) is 0 Å². The molecule has 17 heavy (non-hydrogen) atoms. The first-order valence-corrected chi connectivity index (χ1v) is 6.00. The van der Waals surface area contributed by atoms with Gasteiger partial charge in [-0.25, -0.2) is 0 Å². The van der Waals surface area contributed by atoms with E-state index in [-0.39, 0.29) is 17.2 Å². The summed E-state index contributed by atoms with van der Waals surface area (Å²) in [5.74, 6) is -0.394. The number of benzene rings is 1. The van der Waals surface area contributed by atoms with Crippen LogP contribution in [0.3, 0.4) is 0 Å². The highest BCUT2D eigenvalue weighted by molar-refractivity contribution is 6.30. The number of carbonyl (C=O) groups is 1. The summed E-state index contributed by atoms with van der Waals surface area (Å²) in [6.45, 7) is 4.26. The first-order chi connectivity index (χ1) is 8.15. The Labute approximate surface area is 106 Å². The summed E-state index contributed by atoms with van der Waals surface area (Å²) in [5.41, 5.74) is 0.241. The van der Waals surface area contributed by atoms with Crippen molar-refractivity contribution in [2.75, 3.05) is 19.6 Å². The van der Waals surface area contributed by atoms with Crippen molar-refractivity contribution in [3.05, 3.63) is 28.8 Å². The molecule has 0 atom stereocenters. The van der Waals surface area contributed by atoms with Gasteiger partial charge >= 0.3 is 0 Å². The number of rotatable bonds is 6. The number of halogens is 1. The highest BCUT2D eigenvalue weighted by atomic mass is 35.5. The molecule has 1 aromatic rings. The maximum absolute atomic E-state index is 11.7. The molecule has 0 bridgehead atoms. The fourth-order valence-corrected chi connectivity index (χ4v) is 1.52. The Bertz CT molecular complexity index is 383. The van der Waals surface area contributed by atoms with Gasteiger partial charge in [0.15, 0.2) is 0 Å². The highest BCUT2D eigenvalue weighted by Gasteiger charge is 2.10. The lowest BCUT2D eigenvalue weighted by Crippen LogP contribution is -2.32. The smallest absolute Gasteiger partial charge is 0.255 e. The molecule has 94 valence electrons. The largest absolute Gasteiger partial charge is 0.507 e. The van der Waals surface area contributed by atoms with Crippen molar-refractivity contribution < 1.29 is 9.90 Å². The second-order valence-corrected chi connectivity index (χ2v) is 4.10. The molecular weight excluding hydrogens is 240 g/mol. The van der Waals surface area contributed by atoms with Gasteiger partial charge in [-0.1, -0.05) is 18.5 Å². The molecule has 5 heteroatoms. The standard InChI is InChI=1S/C12H17ClN2O2/c1-2-5-14-6-7-15-12(17)10-4-3-9(13)8-11(10)16/h3-4,8,14,16H,2,5-7H2,1H3,(H,15,17). The SMILES string of the molecule is CCCNCCNC(=O)c1ccc(Cl)cc1O. The van der Waals surface area contributed by atoms with E-state index in [1.165, 1.54) is 12.1 Å². The zero-order valence-corrected chi connectivity index (χ0v) is 10.5. The van der Waals surface area contributed by atoms with E-state index in [9.17, 15) is 9.90 Å². The molecule has 4 nitrogen and oxygen atoms in total. The van der Waals surface area contributed by atoms with Crippen molar-refractivity contribution in [1.82, 2.24) is 10.6 Å². The van der Waals surface area contributed by atoms with E-state index in [4.69, 9.17) is 11.6 Å². The summed E-state index contributed by atoms with van der Waals surface area (Å²) in [4.78, 5) is 11.7. The van der Waals surface area contributed by atoms with Gasteiger partial charge in [0.05, 0.1) is 5.56 Å². The van der Waals surface area contributed by atoms with Gasteiger partial charge in [0, 0.05) is 18.1 Å². The summed E-state index contributed by atoms with van der Waals surface area (Å²) in [6.07, 6.45) is 1.06. The van der Waals surface area contributed by atoms with Crippen LogP contribution in [0.4, 0.5) is 0 Å². The van der Waals surface area contributed by atoms with Crippen LogP contribution in [-0.4, -0.2) is 30.6 Å². The van der Waals surface area contributed by atoms with Crippen LogP contribution in [0.2, 0.25) is 5.02 Å². The lowest BCUT2D eigenvalue weighted by molar-refractivity contribution is 0.0951. The molecule has 0 unspecified atom stereocenters. The Hall–Kier alpha value is -1.26. The number of carbonyl (C=O) groups excluding carboxylic acids is 1. The molecule has 0 spiro atoms. The van der Waals surface area contributed by atoms with E-state index in [0.717, 1.165) is 13.0 Å². The maximum atomic E-state index is 11.7.